The molecule has 4 aromatic heterocycles. The first-order chi connectivity index (χ1) is 31.7. The number of aromatic nitrogens is 3. The van der Waals surface area contributed by atoms with Crippen LogP contribution in [0.1, 0.15) is 0 Å². The third-order valence-electron chi connectivity index (χ3n) is 13.4. The van der Waals surface area contributed by atoms with Gasteiger partial charge in [-0.2, -0.15) is 0 Å². The number of nitrogens with zero attached hydrogens (tertiary/aromatic N) is 3. The molecule has 10 aromatic carbocycles. The van der Waals surface area contributed by atoms with E-state index >= 15 is 0 Å². The predicted octanol–water partition coefficient (Wildman–Crippen LogP) is 16.2. The highest BCUT2D eigenvalue weighted by Crippen LogP contribution is 2.42. The van der Waals surface area contributed by atoms with Crippen molar-refractivity contribution in [2.45, 2.75) is 0 Å². The van der Waals surface area contributed by atoms with Crippen LogP contribution in [0.25, 0.3) is 127 Å². The molecule has 0 aliphatic carbocycles. The molecule has 0 N–H and O–H groups in total. The topological polar surface area (TPSA) is 27.9 Å². The SMILES string of the molecule is c1ccc(-c2cccc(-c3ccc4c(c3)oc3cccc(-n5c6ccccc6c6cc(-n7c8ccccc8c8cc(-n9c%10ccccc%10c%10ccccc%109)ccc87)ccc65)c34)c2)cc1. The van der Waals surface area contributed by atoms with E-state index < -0.39 is 0 Å². The summed E-state index contributed by atoms with van der Waals surface area (Å²) in [5, 5.41) is 9.60. The summed E-state index contributed by atoms with van der Waals surface area (Å²) in [7, 11) is 0. The molecule has 4 heterocycles. The Hall–Kier alpha value is -8.60. The van der Waals surface area contributed by atoms with Crippen LogP contribution >= 0.6 is 0 Å². The molecule has 14 aromatic rings. The van der Waals surface area contributed by atoms with Gasteiger partial charge in [0.1, 0.15) is 11.2 Å². The predicted molar refractivity (Wildman–Crippen MR) is 268 cm³/mol. The number of furan rings is 1. The monoisotopic (exact) mass is 815 g/mol. The molecule has 4 heteroatoms. The summed E-state index contributed by atoms with van der Waals surface area (Å²) in [5.41, 5.74) is 16.9. The number of hydrogen-bond donors (Lipinski definition) is 0. The van der Waals surface area contributed by atoms with Gasteiger partial charge in [0.15, 0.2) is 0 Å². The van der Waals surface area contributed by atoms with Crippen LogP contribution in [-0.4, -0.2) is 13.7 Å². The Balaban J connectivity index is 0.930. The molecule has 0 atom stereocenters. The Morgan fingerprint density at radius 3 is 1.31 bits per heavy atom. The molecule has 0 aliphatic rings. The van der Waals surface area contributed by atoms with E-state index in [1.165, 1.54) is 65.5 Å². The van der Waals surface area contributed by atoms with Crippen molar-refractivity contribution in [3.05, 3.63) is 224 Å². The van der Waals surface area contributed by atoms with Crippen LogP contribution in [0.3, 0.4) is 0 Å². The fourth-order valence-corrected chi connectivity index (χ4v) is 10.6. The maximum atomic E-state index is 6.70. The molecule has 14 rings (SSSR count). The standard InChI is InChI=1S/C60H37N3O/c1-2-14-38(15-3-1)39-16-12-17-40(34-39)41-28-31-48-59(35-41)64-58-27-13-26-57(60(48)58)63-54-25-11-7-21-47(54)50-37-43(30-33-56(50)63)62-53-24-10-6-20-46(53)49-36-42(29-32-55(49)62)61-51-22-8-4-18-44(51)45-19-5-9-23-52(45)61/h1-37H. The van der Waals surface area contributed by atoms with E-state index in [4.69, 9.17) is 4.42 Å². The van der Waals surface area contributed by atoms with Crippen LogP contribution in [-0.2, 0) is 0 Å². The van der Waals surface area contributed by atoms with E-state index in [-0.39, 0.29) is 0 Å². The Morgan fingerprint density at radius 2 is 0.703 bits per heavy atom. The lowest BCUT2D eigenvalue weighted by Gasteiger charge is -2.12. The van der Waals surface area contributed by atoms with Crippen molar-refractivity contribution in [2.24, 2.45) is 0 Å². The van der Waals surface area contributed by atoms with Crippen molar-refractivity contribution < 1.29 is 4.42 Å². The summed E-state index contributed by atoms with van der Waals surface area (Å²) < 4.78 is 14.0. The van der Waals surface area contributed by atoms with E-state index in [1.807, 2.05) is 0 Å². The maximum Gasteiger partial charge on any atom is 0.137 e. The molecule has 0 aliphatic heterocycles. The molecule has 0 unspecified atom stereocenters. The highest BCUT2D eigenvalue weighted by Gasteiger charge is 2.21. The number of hydrogen-bond acceptors (Lipinski definition) is 1. The fourth-order valence-electron chi connectivity index (χ4n) is 10.6. The van der Waals surface area contributed by atoms with Gasteiger partial charge in [-0.25, -0.2) is 0 Å². The molecular formula is C60H37N3O. The Morgan fingerprint density at radius 1 is 0.250 bits per heavy atom. The molecule has 0 bridgehead atoms. The van der Waals surface area contributed by atoms with Crippen LogP contribution < -0.4 is 0 Å². The minimum Gasteiger partial charge on any atom is -0.456 e. The third kappa shape index (κ3) is 5.05. The first-order valence-electron chi connectivity index (χ1n) is 21.9. The third-order valence-corrected chi connectivity index (χ3v) is 13.4. The van der Waals surface area contributed by atoms with Gasteiger partial charge in [0.25, 0.3) is 0 Å². The van der Waals surface area contributed by atoms with Crippen molar-refractivity contribution >= 4 is 87.4 Å². The number of fused-ring (bicyclic) bond motifs is 12. The van der Waals surface area contributed by atoms with Crippen LogP contribution in [0, 0.1) is 0 Å². The van der Waals surface area contributed by atoms with Crippen molar-refractivity contribution in [3.63, 3.8) is 0 Å². The lowest BCUT2D eigenvalue weighted by Crippen LogP contribution is -1.97. The average molecular weight is 816 g/mol. The second-order valence-corrected chi connectivity index (χ2v) is 16.9. The second-order valence-electron chi connectivity index (χ2n) is 16.9. The van der Waals surface area contributed by atoms with Crippen LogP contribution in [0.5, 0.6) is 0 Å². The van der Waals surface area contributed by atoms with Gasteiger partial charge in [0.2, 0.25) is 0 Å². The number of rotatable bonds is 5. The van der Waals surface area contributed by atoms with Crippen molar-refractivity contribution in [3.8, 4) is 39.3 Å². The van der Waals surface area contributed by atoms with Gasteiger partial charge in [0.05, 0.1) is 44.2 Å². The average Bonchev–Trinajstić information content (AvgIpc) is 4.10. The molecule has 0 radical (unpaired) electrons. The van der Waals surface area contributed by atoms with E-state index in [1.54, 1.807) is 0 Å². The first-order valence-corrected chi connectivity index (χ1v) is 21.9. The van der Waals surface area contributed by atoms with E-state index in [0.717, 1.165) is 61.2 Å². The van der Waals surface area contributed by atoms with Crippen LogP contribution in [0.15, 0.2) is 229 Å². The first kappa shape index (κ1) is 35.0. The smallest absolute Gasteiger partial charge is 0.137 e. The molecule has 4 nitrogen and oxygen atoms in total. The summed E-state index contributed by atoms with van der Waals surface area (Å²) in [5.74, 6) is 0. The molecule has 0 spiro atoms. The highest BCUT2D eigenvalue weighted by atomic mass is 16.3. The van der Waals surface area contributed by atoms with E-state index in [2.05, 4.69) is 238 Å². The van der Waals surface area contributed by atoms with E-state index in [0.29, 0.717) is 0 Å². The van der Waals surface area contributed by atoms with Gasteiger partial charge in [0, 0.05) is 49.1 Å². The Kier molecular flexibility index (Phi) is 7.36. The van der Waals surface area contributed by atoms with Crippen molar-refractivity contribution in [1.82, 2.24) is 13.7 Å². The lowest BCUT2D eigenvalue weighted by molar-refractivity contribution is 0.669. The minimum atomic E-state index is 0.871. The van der Waals surface area contributed by atoms with Crippen LogP contribution in [0.2, 0.25) is 0 Å². The summed E-state index contributed by atoms with van der Waals surface area (Å²) in [4.78, 5) is 0. The molecular weight excluding hydrogens is 779 g/mol. The van der Waals surface area contributed by atoms with Gasteiger partial charge in [-0.05, 0) is 113 Å². The van der Waals surface area contributed by atoms with Gasteiger partial charge in [-0.1, -0.05) is 133 Å². The summed E-state index contributed by atoms with van der Waals surface area (Å²) in [6, 6.07) is 81.4. The lowest BCUT2D eigenvalue weighted by atomic mass is 9.98. The van der Waals surface area contributed by atoms with Gasteiger partial charge in [-0.15, -0.1) is 0 Å². The number of para-hydroxylation sites is 4. The maximum absolute atomic E-state index is 6.70. The molecule has 0 saturated heterocycles. The zero-order chi connectivity index (χ0) is 41.9. The zero-order valence-electron chi connectivity index (χ0n) is 34.6. The summed E-state index contributed by atoms with van der Waals surface area (Å²) >= 11 is 0. The largest absolute Gasteiger partial charge is 0.456 e. The molecule has 0 fully saturated rings. The van der Waals surface area contributed by atoms with Gasteiger partial charge >= 0.3 is 0 Å². The molecule has 0 saturated carbocycles. The Labute approximate surface area is 367 Å². The molecule has 64 heavy (non-hydrogen) atoms. The molecule has 0 amide bonds. The van der Waals surface area contributed by atoms with E-state index in [9.17, 15) is 0 Å². The van der Waals surface area contributed by atoms with Crippen molar-refractivity contribution in [1.29, 1.82) is 0 Å². The van der Waals surface area contributed by atoms with Gasteiger partial charge < -0.3 is 18.1 Å². The summed E-state index contributed by atoms with van der Waals surface area (Å²) in [6.07, 6.45) is 0. The zero-order valence-corrected chi connectivity index (χ0v) is 34.6. The minimum absolute atomic E-state index is 0.871. The van der Waals surface area contributed by atoms with Crippen molar-refractivity contribution in [2.75, 3.05) is 0 Å². The Bertz CT molecular complexity index is 4140. The molecule has 298 valence electrons. The quantitative estimate of drug-likeness (QED) is 0.170. The normalized spacial score (nSPS) is 12.1. The summed E-state index contributed by atoms with van der Waals surface area (Å²) in [6.45, 7) is 0. The van der Waals surface area contributed by atoms with Crippen LogP contribution in [0.4, 0.5) is 0 Å². The number of benzene rings is 10. The van der Waals surface area contributed by atoms with Gasteiger partial charge in [-0.3, -0.25) is 0 Å². The fraction of sp³-hybridized carbons (Fsp3) is 0. The second kappa shape index (κ2) is 13.4. The highest BCUT2D eigenvalue weighted by molar-refractivity contribution is 6.16.